The lowest BCUT2D eigenvalue weighted by atomic mass is 9.56. The van der Waals surface area contributed by atoms with Gasteiger partial charge >= 0.3 is 5.97 Å². The number of piperidine rings is 2. The van der Waals surface area contributed by atoms with Gasteiger partial charge in [-0.2, -0.15) is 0 Å². The van der Waals surface area contributed by atoms with Gasteiger partial charge in [-0.1, -0.05) is 31.1 Å². The number of ether oxygens (including phenoxy) is 1. The van der Waals surface area contributed by atoms with Gasteiger partial charge in [0.15, 0.2) is 9.84 Å². The number of likely N-dealkylation sites (tertiary alicyclic amines) is 4. The van der Waals surface area contributed by atoms with Crippen LogP contribution in [0.25, 0.3) is 0 Å². The zero-order valence-electron chi connectivity index (χ0n) is 35.2. The molecule has 0 radical (unpaired) electrons. The summed E-state index contributed by atoms with van der Waals surface area (Å²) in [5, 5.41) is -0.567. The summed E-state index contributed by atoms with van der Waals surface area (Å²) in [6.45, 7) is 11.4. The number of esters is 1. The molecular formula is C47H66FN5O5S. The molecule has 6 fully saturated rings. The molecule has 0 N–H and O–H groups in total. The lowest BCUT2D eigenvalue weighted by Gasteiger charge is -2.54. The third-order valence-electron chi connectivity index (χ3n) is 15.1. The molecule has 6 aliphatic rings. The number of halogens is 1. The number of hydrogen-bond donors (Lipinski definition) is 0. The maximum atomic E-state index is 15.1. The largest absolute Gasteiger partial charge is 0.469 e. The van der Waals surface area contributed by atoms with E-state index in [4.69, 9.17) is 4.74 Å². The molecule has 8 rings (SSSR count). The van der Waals surface area contributed by atoms with Crippen molar-refractivity contribution in [1.29, 1.82) is 0 Å². The predicted molar refractivity (Wildman–Crippen MR) is 230 cm³/mol. The van der Waals surface area contributed by atoms with E-state index in [1.54, 1.807) is 35.2 Å². The summed E-state index contributed by atoms with van der Waals surface area (Å²) in [6.07, 6.45) is 15.2. The number of benzene rings is 2. The Kier molecular flexibility index (Phi) is 13.5. The van der Waals surface area contributed by atoms with Crippen LogP contribution >= 0.6 is 0 Å². The number of carbonyl (C=O) groups is 2. The normalized spacial score (nSPS) is 26.5. The highest BCUT2D eigenvalue weighted by atomic mass is 32.2. The van der Waals surface area contributed by atoms with Gasteiger partial charge in [0.2, 0.25) is 5.91 Å². The van der Waals surface area contributed by atoms with Gasteiger partial charge in [0.1, 0.15) is 11.1 Å². The molecule has 322 valence electrons. The Bertz CT molecular complexity index is 1890. The van der Waals surface area contributed by atoms with Crippen LogP contribution in [0.1, 0.15) is 76.2 Å². The van der Waals surface area contributed by atoms with E-state index in [0.29, 0.717) is 29.1 Å². The molecule has 10 nitrogen and oxygen atoms in total. The van der Waals surface area contributed by atoms with Crippen molar-refractivity contribution in [3.63, 3.8) is 0 Å². The Hall–Kier alpha value is -3.32. The van der Waals surface area contributed by atoms with Crippen LogP contribution in [0.4, 0.5) is 10.1 Å². The minimum Gasteiger partial charge on any atom is -0.469 e. The van der Waals surface area contributed by atoms with Crippen LogP contribution in [-0.4, -0.2) is 137 Å². The number of nitrogens with zero attached hydrogens (tertiary/aromatic N) is 5. The quantitative estimate of drug-likeness (QED) is 0.158. The van der Waals surface area contributed by atoms with Crippen LogP contribution in [0.3, 0.4) is 0 Å². The fourth-order valence-electron chi connectivity index (χ4n) is 11.7. The first-order valence-electron chi connectivity index (χ1n) is 22.7. The Morgan fingerprint density at radius 1 is 0.814 bits per heavy atom. The molecule has 12 heteroatoms. The Labute approximate surface area is 352 Å². The highest BCUT2D eigenvalue weighted by molar-refractivity contribution is 7.92. The topological polar surface area (TPSA) is 93.7 Å². The molecular weight excluding hydrogens is 766 g/mol. The number of sulfone groups is 1. The van der Waals surface area contributed by atoms with Crippen LogP contribution in [0, 0.1) is 29.5 Å². The fraction of sp³-hybridized carbons (Fsp3) is 0.660. The van der Waals surface area contributed by atoms with Gasteiger partial charge in [0.05, 0.1) is 12.0 Å². The first kappa shape index (κ1) is 42.4. The van der Waals surface area contributed by atoms with Crippen LogP contribution in [0.15, 0.2) is 65.6 Å². The number of hydrogen-bond acceptors (Lipinski definition) is 9. The molecule has 59 heavy (non-hydrogen) atoms. The van der Waals surface area contributed by atoms with Gasteiger partial charge in [-0.3, -0.25) is 14.5 Å². The lowest BCUT2D eigenvalue weighted by molar-refractivity contribution is -0.142. The summed E-state index contributed by atoms with van der Waals surface area (Å²) in [4.78, 5) is 37.2. The summed E-state index contributed by atoms with van der Waals surface area (Å²) in [7, 11) is -2.04. The van der Waals surface area contributed by atoms with Crippen molar-refractivity contribution in [3.05, 3.63) is 72.1 Å². The van der Waals surface area contributed by atoms with E-state index in [2.05, 4.69) is 25.7 Å². The first-order valence-corrected chi connectivity index (χ1v) is 24.2. The van der Waals surface area contributed by atoms with Gasteiger partial charge in [-0.25, -0.2) is 12.8 Å². The van der Waals surface area contributed by atoms with E-state index >= 15 is 4.39 Å². The van der Waals surface area contributed by atoms with Crippen molar-refractivity contribution in [2.75, 3.05) is 97.1 Å². The highest BCUT2D eigenvalue weighted by Crippen LogP contribution is 2.54. The van der Waals surface area contributed by atoms with Gasteiger partial charge in [0, 0.05) is 69.4 Å². The van der Waals surface area contributed by atoms with Gasteiger partial charge in [-0.15, -0.1) is 0 Å². The Balaban J connectivity index is 0.855. The van der Waals surface area contributed by atoms with Crippen molar-refractivity contribution in [2.24, 2.45) is 23.7 Å². The maximum absolute atomic E-state index is 15.1. The Morgan fingerprint density at radius 3 is 2.25 bits per heavy atom. The molecule has 4 atom stereocenters. The second-order valence-electron chi connectivity index (χ2n) is 18.6. The summed E-state index contributed by atoms with van der Waals surface area (Å²) >= 11 is 0. The molecule has 0 bridgehead atoms. The minimum atomic E-state index is -3.53. The number of anilines is 1. The van der Waals surface area contributed by atoms with Gasteiger partial charge < -0.3 is 24.3 Å². The zero-order chi connectivity index (χ0) is 41.0. The van der Waals surface area contributed by atoms with E-state index in [9.17, 15) is 18.0 Å². The summed E-state index contributed by atoms with van der Waals surface area (Å²) in [6, 6.07) is 14.8. The van der Waals surface area contributed by atoms with Crippen molar-refractivity contribution < 1.29 is 27.1 Å². The average molecular weight is 832 g/mol. The SMILES string of the molecule is COC(=O)C[C@H]1CCC[C@@H]1[C@](CN1CCC1)(c1cccc(F)c1)C1CCN(C[C@@H]2CCN(c3ccc(S(=O)(=O)C4CN(C(=O)/C=C/CN5CCCCC5)C4)cc3)C2)CC1. The third kappa shape index (κ3) is 9.46. The standard InChI is InChI=1S/C47H66FN5O5S/c1-58-46(55)29-37-9-5-12-44(37)47(35-51-24-8-25-51,39-10-6-11-40(48)30-39)38-19-26-50(27-20-38)31-36-18-28-52(32-36)41-14-16-42(17-15-41)59(56,57)43-33-53(34-43)45(54)13-7-23-49-21-3-2-4-22-49/h6-7,10-11,13-17,30,36-38,43-44H,2-5,8-9,12,18-29,31-35H2,1H3/b13-7+/t36-,37+,44-,47-/m0/s1. The highest BCUT2D eigenvalue weighted by Gasteiger charge is 2.53. The summed E-state index contributed by atoms with van der Waals surface area (Å²) in [5.41, 5.74) is 1.96. The molecule has 5 saturated heterocycles. The van der Waals surface area contributed by atoms with Crippen molar-refractivity contribution in [3.8, 4) is 0 Å². The molecule has 0 spiro atoms. The third-order valence-corrected chi connectivity index (χ3v) is 17.2. The van der Waals surface area contributed by atoms with Crippen LogP contribution in [-0.2, 0) is 29.6 Å². The van der Waals surface area contributed by atoms with E-state index in [1.807, 2.05) is 24.3 Å². The van der Waals surface area contributed by atoms with E-state index in [0.717, 1.165) is 122 Å². The van der Waals surface area contributed by atoms with Crippen molar-refractivity contribution in [2.45, 2.75) is 86.2 Å². The zero-order valence-corrected chi connectivity index (χ0v) is 36.0. The van der Waals surface area contributed by atoms with Crippen molar-refractivity contribution >= 4 is 27.4 Å². The lowest BCUT2D eigenvalue weighted by Crippen LogP contribution is -2.57. The van der Waals surface area contributed by atoms with Gasteiger partial charge in [0.25, 0.3) is 0 Å². The number of methoxy groups -OCH3 is 1. The monoisotopic (exact) mass is 831 g/mol. The van der Waals surface area contributed by atoms with Gasteiger partial charge in [-0.05, 0) is 156 Å². The average Bonchev–Trinajstić information content (AvgIpc) is 3.88. The molecule has 5 heterocycles. The van der Waals surface area contributed by atoms with Crippen LogP contribution in [0.2, 0.25) is 0 Å². The molecule has 2 aromatic carbocycles. The molecule has 5 aliphatic heterocycles. The summed E-state index contributed by atoms with van der Waals surface area (Å²) in [5.74, 6) is 1.04. The molecule has 1 saturated carbocycles. The fourth-order valence-corrected chi connectivity index (χ4v) is 13.3. The second-order valence-corrected chi connectivity index (χ2v) is 20.8. The predicted octanol–water partition coefficient (Wildman–Crippen LogP) is 6.01. The molecule has 2 aromatic rings. The molecule has 0 aromatic heterocycles. The number of amides is 1. The van der Waals surface area contributed by atoms with Crippen molar-refractivity contribution in [1.82, 2.24) is 19.6 Å². The van der Waals surface area contributed by atoms with Crippen LogP contribution in [0.5, 0.6) is 0 Å². The molecule has 1 amide bonds. The molecule has 0 unspecified atom stereocenters. The van der Waals surface area contributed by atoms with Crippen LogP contribution < -0.4 is 4.90 Å². The minimum absolute atomic E-state index is 0.106. The summed E-state index contributed by atoms with van der Waals surface area (Å²) < 4.78 is 47.2. The number of rotatable bonds is 15. The van der Waals surface area contributed by atoms with E-state index in [-0.39, 0.29) is 42.1 Å². The van der Waals surface area contributed by atoms with E-state index < -0.39 is 15.1 Å². The van der Waals surface area contributed by atoms with E-state index in [1.165, 1.54) is 32.8 Å². The first-order chi connectivity index (χ1) is 28.6. The number of carbonyl (C=O) groups excluding carboxylic acids is 2. The maximum Gasteiger partial charge on any atom is 0.305 e. The Morgan fingerprint density at radius 2 is 1.56 bits per heavy atom. The second kappa shape index (κ2) is 18.7. The molecule has 1 aliphatic carbocycles. The smallest absolute Gasteiger partial charge is 0.305 e.